The number of carbonyl (C=O) groups is 16. The van der Waals surface area contributed by atoms with Crippen LogP contribution in [0.25, 0.3) is 43.6 Å². The molecule has 744 valence electrons. The van der Waals surface area contributed by atoms with Crippen molar-refractivity contribution in [1.82, 2.24) is 105 Å². The molecule has 0 fully saturated rings. The van der Waals surface area contributed by atoms with Gasteiger partial charge in [-0.05, 0) is 133 Å². The molecule has 0 saturated heterocycles. The molecule has 8 aromatic rings. The molecule has 0 aliphatic rings. The maximum absolute atomic E-state index is 15.5. The fourth-order valence-corrected chi connectivity index (χ4v) is 16.4. The third-order valence-corrected chi connectivity index (χ3v) is 24.1. The second-order valence-corrected chi connectivity index (χ2v) is 38.4. The largest absolute Gasteiger partial charge is 0.395 e. The highest BCUT2D eigenvalue weighted by Gasteiger charge is 2.41. The van der Waals surface area contributed by atoms with Crippen molar-refractivity contribution in [2.75, 3.05) is 19.7 Å². The summed E-state index contributed by atoms with van der Waals surface area (Å²) in [5, 5.41) is 56.6. The lowest BCUT2D eigenvalue weighted by Gasteiger charge is -2.30. The molecule has 0 unspecified atom stereocenters. The number of rotatable bonds is 54. The van der Waals surface area contributed by atoms with Gasteiger partial charge in [-0.2, -0.15) is 0 Å². The van der Waals surface area contributed by atoms with E-state index in [1.54, 1.807) is 99.2 Å². The summed E-state index contributed by atoms with van der Waals surface area (Å²) in [4.78, 5) is 242. The van der Waals surface area contributed by atoms with Gasteiger partial charge in [-0.25, -0.2) is 0 Å². The molecule has 0 aliphatic heterocycles. The van der Waals surface area contributed by atoms with Gasteiger partial charge in [0.25, 0.3) is 0 Å². The zero-order valence-electron chi connectivity index (χ0n) is 81.8. The van der Waals surface area contributed by atoms with Crippen LogP contribution >= 0.6 is 0 Å². The Morgan fingerprint density at radius 3 is 0.891 bits per heavy atom. The Hall–Kier alpha value is -13.5. The van der Waals surface area contributed by atoms with Crippen molar-refractivity contribution in [3.63, 3.8) is 0 Å². The number of benzene rings is 4. The third-order valence-electron chi connectivity index (χ3n) is 24.1. The molecular formula is C100H142N20O17. The van der Waals surface area contributed by atoms with Crippen molar-refractivity contribution in [3.8, 4) is 0 Å². The predicted octanol–water partition coefficient (Wildman–Crippen LogP) is 4.76. The van der Waals surface area contributed by atoms with Gasteiger partial charge >= 0.3 is 0 Å². The number of hydrogen-bond acceptors (Lipinski definition) is 17. The minimum atomic E-state index is -1.48. The monoisotopic (exact) mass is 1900 g/mol. The number of aromatic nitrogens is 4. The van der Waals surface area contributed by atoms with Crippen LogP contribution in [0.3, 0.4) is 0 Å². The summed E-state index contributed by atoms with van der Waals surface area (Å²) in [6, 6.07) is 11.1. The van der Waals surface area contributed by atoms with Crippen molar-refractivity contribution in [1.29, 1.82) is 0 Å². The number of para-hydroxylation sites is 4. The highest BCUT2D eigenvalue weighted by Crippen LogP contribution is 2.26. The summed E-state index contributed by atoms with van der Waals surface area (Å²) < 4.78 is 0. The van der Waals surface area contributed by atoms with Gasteiger partial charge in [-0.3, -0.25) is 76.7 Å². The zero-order valence-corrected chi connectivity index (χ0v) is 81.8. The maximum Gasteiger partial charge on any atom is 0.243 e. The molecule has 8 rings (SSSR count). The summed E-state index contributed by atoms with van der Waals surface area (Å²) in [7, 11) is 0. The molecule has 0 radical (unpaired) electrons. The van der Waals surface area contributed by atoms with Gasteiger partial charge in [0.05, 0.1) is 13.2 Å². The van der Waals surface area contributed by atoms with Gasteiger partial charge in [0.15, 0.2) is 0 Å². The van der Waals surface area contributed by atoms with Crippen LogP contribution < -0.4 is 85.1 Å². The van der Waals surface area contributed by atoms with E-state index in [9.17, 15) is 48.3 Å². The van der Waals surface area contributed by atoms with Crippen molar-refractivity contribution in [3.05, 3.63) is 144 Å². The fraction of sp³-hybridized carbons (Fsp3) is 0.520. The van der Waals surface area contributed by atoms with Crippen LogP contribution in [-0.2, 0) is 102 Å². The number of fused-ring (bicyclic) bond motifs is 4. The Morgan fingerprint density at radius 2 is 0.562 bits per heavy atom. The van der Waals surface area contributed by atoms with Crippen molar-refractivity contribution in [2.45, 2.75) is 267 Å². The maximum atomic E-state index is 15.5. The van der Waals surface area contributed by atoms with Crippen LogP contribution in [0.2, 0.25) is 0 Å². The lowest BCUT2D eigenvalue weighted by molar-refractivity contribution is -0.137. The third kappa shape index (κ3) is 31.8. The molecule has 37 heteroatoms. The first kappa shape index (κ1) is 109. The minimum absolute atomic E-state index is 0.0127. The number of hydrogen-bond donors (Lipinski definition) is 21. The fourth-order valence-electron chi connectivity index (χ4n) is 16.4. The normalized spacial score (nSPS) is 14.9. The van der Waals surface area contributed by atoms with Crippen molar-refractivity contribution < 1.29 is 81.8 Å². The second-order valence-electron chi connectivity index (χ2n) is 38.4. The van der Waals surface area contributed by atoms with Crippen LogP contribution in [-0.4, -0.2) is 224 Å². The number of amides is 16. The summed E-state index contributed by atoms with van der Waals surface area (Å²) in [5.74, 6) is -14.5. The van der Waals surface area contributed by atoms with E-state index in [0.29, 0.717) is 51.3 Å². The molecule has 137 heavy (non-hydrogen) atoms. The molecular weight excluding hydrogens is 1750 g/mol. The molecule has 37 nitrogen and oxygen atoms in total. The Balaban J connectivity index is 0.998. The number of nitrogens with one attached hydrogen (secondary N) is 20. The summed E-state index contributed by atoms with van der Waals surface area (Å²) >= 11 is 0. The van der Waals surface area contributed by atoms with Gasteiger partial charge in [-0.1, -0.05) is 190 Å². The molecule has 15 atom stereocenters. The first-order valence-corrected chi connectivity index (χ1v) is 47.5. The number of aliphatic hydroxyl groups is 1. The smallest absolute Gasteiger partial charge is 0.243 e. The highest BCUT2D eigenvalue weighted by atomic mass is 16.3. The average molecular weight is 1900 g/mol. The average Bonchev–Trinajstić information content (AvgIpc) is 1.64. The topological polar surface area (TPSA) is 549 Å². The predicted molar refractivity (Wildman–Crippen MR) is 522 cm³/mol. The van der Waals surface area contributed by atoms with Crippen LogP contribution in [0, 0.1) is 47.3 Å². The molecule has 4 aromatic carbocycles. The van der Waals surface area contributed by atoms with Gasteiger partial charge in [0.2, 0.25) is 95.0 Å². The van der Waals surface area contributed by atoms with E-state index in [0.717, 1.165) is 27.4 Å². The van der Waals surface area contributed by atoms with Gasteiger partial charge < -0.3 is 110 Å². The van der Waals surface area contributed by atoms with E-state index in [1.807, 2.05) is 133 Å². The summed E-state index contributed by atoms with van der Waals surface area (Å²) in [6.45, 7) is 30.0. The van der Waals surface area contributed by atoms with E-state index in [-0.39, 0.29) is 94.1 Å². The van der Waals surface area contributed by atoms with Gasteiger partial charge in [0.1, 0.15) is 84.6 Å². The second kappa shape index (κ2) is 52.0. The minimum Gasteiger partial charge on any atom is -0.395 e. The standard InChI is InChI=1S/C100H142N20O17/c1-19-59(16)86(107-51-122)97(134)106-50-82(123)108-60(17)87(124)110-74(38-52(2)3)90(127)109-61(18)88(125)118-83(56(10)11)98(135)116-77(41-55(8)9)93(130)114-79(43-63-47-103-71-33-25-21-29-67(63)71)94(131)111-76(40-54(6)7)92(129)115-81(45-65-49-105-73-35-27-23-31-69(65)73)96(133)119-85(58(14)15)100(137)120-84(57(12)13)99(136)117-80(44-64-48-104-72-34-26-22-30-68(64)72)95(132)112-75(39-53(4)5)91(128)113-78(89(126)101-36-37-121)42-62-46-102-70-32-24-20-28-66(62)70/h20-35,46-49,51-61,74-81,83-86,102-105,121H,19,36-45,50H2,1-18H3,(H,101,126)(H,106,134)(H,107,122)(H,108,123)(H,109,127)(H,110,124)(H,111,131)(H,112,132)(H,113,128)(H,114,130)(H,115,129)(H,116,135)(H,117,136)(H,118,125)(H,119,133)(H,120,137)/t59-,60-,61-,74+,75+,76+,77+,78-,79-,80-,81-,83+,84-,85+,86-/m0/s1. The first-order valence-electron chi connectivity index (χ1n) is 47.5. The Bertz CT molecular complexity index is 5490. The Morgan fingerprint density at radius 1 is 0.299 bits per heavy atom. The molecule has 0 spiro atoms. The number of H-pyrrole nitrogens is 4. The van der Waals surface area contributed by atoms with Crippen molar-refractivity contribution >= 4 is 139 Å². The number of aromatic amines is 4. The SMILES string of the molecule is CC[C@H](C)[C@H](NC=O)C(=O)NCC(=O)N[C@@H](C)C(=O)N[C@H](CC(C)C)C(=O)N[C@@H](C)C(=O)N[C@@H](C(=O)N[C@H](CC(C)C)C(=O)N[C@@H](Cc1c[nH]c2ccccc12)C(=O)N[C@H](CC(C)C)C(=O)N[C@@H](Cc1c[nH]c2ccccc12)C(=O)N[C@@H](C(=O)N[C@H](C(=O)N[C@@H](Cc1c[nH]c2ccccc12)C(=O)N[C@H](CC(C)C)C(=O)N[C@@H](Cc1c[nH]c2ccccc12)C(=O)NCCO)C(C)C)C(C)C)C(C)C. The van der Waals surface area contributed by atoms with E-state index < -0.39 is 197 Å². The van der Waals surface area contributed by atoms with Crippen LogP contribution in [0.4, 0.5) is 0 Å². The molecule has 4 aromatic heterocycles. The van der Waals surface area contributed by atoms with Crippen molar-refractivity contribution in [2.24, 2.45) is 47.3 Å². The molecule has 21 N–H and O–H groups in total. The molecule has 16 amide bonds. The van der Waals surface area contributed by atoms with E-state index in [2.05, 4.69) is 105 Å². The Kier molecular flexibility index (Phi) is 41.3. The zero-order chi connectivity index (χ0) is 101. The van der Waals surface area contributed by atoms with E-state index in [1.165, 1.54) is 13.8 Å². The lowest BCUT2D eigenvalue weighted by atomic mass is 9.97. The van der Waals surface area contributed by atoms with Gasteiger partial charge in [-0.15, -0.1) is 0 Å². The number of carbonyl (C=O) groups excluding carboxylic acids is 16. The highest BCUT2D eigenvalue weighted by molar-refractivity contribution is 6.02. The Labute approximate surface area is 799 Å². The van der Waals surface area contributed by atoms with E-state index in [4.69, 9.17) is 0 Å². The first-order chi connectivity index (χ1) is 65.0. The summed E-state index contributed by atoms with van der Waals surface area (Å²) in [5.41, 5.74) is 5.50. The molecule has 0 bridgehead atoms. The lowest BCUT2D eigenvalue weighted by Crippen LogP contribution is -2.62. The van der Waals surface area contributed by atoms with Crippen LogP contribution in [0.15, 0.2) is 122 Å². The van der Waals surface area contributed by atoms with Gasteiger partial charge in [0, 0.05) is 101 Å². The number of aliphatic hydroxyl groups excluding tert-OH is 1. The van der Waals surface area contributed by atoms with E-state index >= 15 is 33.6 Å². The molecule has 0 saturated carbocycles. The van der Waals surface area contributed by atoms with Crippen LogP contribution in [0.1, 0.15) is 179 Å². The molecule has 0 aliphatic carbocycles. The molecule has 4 heterocycles. The summed E-state index contributed by atoms with van der Waals surface area (Å²) in [6.07, 6.45) is 7.59. The van der Waals surface area contributed by atoms with Crippen LogP contribution in [0.5, 0.6) is 0 Å². The quantitative estimate of drug-likeness (QED) is 0.0228.